The molecule has 0 saturated heterocycles. The highest BCUT2D eigenvalue weighted by atomic mass is 16.6. The maximum atomic E-state index is 11.8. The molecule has 20 heavy (non-hydrogen) atoms. The predicted molar refractivity (Wildman–Crippen MR) is 67.7 cm³/mol. The number of amides is 1. The molecule has 9 nitrogen and oxygen atoms in total. The average Bonchev–Trinajstić information content (AvgIpc) is 2.83. The molecule has 0 aliphatic heterocycles. The zero-order valence-corrected chi connectivity index (χ0v) is 11.4. The second-order valence-electron chi connectivity index (χ2n) is 4.47. The maximum Gasteiger partial charge on any atom is 0.328 e. The van der Waals surface area contributed by atoms with Crippen molar-refractivity contribution in [3.05, 3.63) is 22.5 Å². The zero-order chi connectivity index (χ0) is 15.3. The number of nitro groups is 1. The molecule has 0 saturated carbocycles. The number of nitrogens with zero attached hydrogens (tertiary/aromatic N) is 3. The van der Waals surface area contributed by atoms with Crippen LogP contribution in [0.5, 0.6) is 0 Å². The lowest BCUT2D eigenvalue weighted by Crippen LogP contribution is -2.46. The Morgan fingerprint density at radius 1 is 1.55 bits per heavy atom. The van der Waals surface area contributed by atoms with E-state index in [0.717, 1.165) is 17.1 Å². The summed E-state index contributed by atoms with van der Waals surface area (Å²) in [6.07, 6.45) is 2.19. The number of hydrogen-bond acceptors (Lipinski definition) is 6. The molecule has 110 valence electrons. The fourth-order valence-corrected chi connectivity index (χ4v) is 1.52. The van der Waals surface area contributed by atoms with Crippen LogP contribution in [0.3, 0.4) is 0 Å². The molecule has 0 fully saturated rings. The monoisotopic (exact) mass is 284 g/mol. The first-order chi connectivity index (χ1) is 9.35. The number of aromatic nitrogens is 2. The number of esters is 1. The molecule has 0 bridgehead atoms. The second-order valence-corrected chi connectivity index (χ2v) is 4.47. The third-order valence-electron chi connectivity index (χ3n) is 2.57. The lowest BCUT2D eigenvalue weighted by Gasteiger charge is -2.19. The van der Waals surface area contributed by atoms with Crippen molar-refractivity contribution < 1.29 is 19.2 Å². The van der Waals surface area contributed by atoms with Gasteiger partial charge in [-0.05, 0) is 5.92 Å². The Morgan fingerprint density at radius 3 is 2.65 bits per heavy atom. The number of carbonyl (C=O) groups excluding carboxylic acids is 2. The van der Waals surface area contributed by atoms with Gasteiger partial charge in [0.05, 0.1) is 12.0 Å². The molecule has 0 radical (unpaired) electrons. The Morgan fingerprint density at radius 2 is 2.20 bits per heavy atom. The van der Waals surface area contributed by atoms with Gasteiger partial charge in [0.2, 0.25) is 5.91 Å². The number of carbonyl (C=O) groups is 2. The van der Waals surface area contributed by atoms with E-state index in [1.807, 2.05) is 0 Å². The van der Waals surface area contributed by atoms with Crippen molar-refractivity contribution in [2.45, 2.75) is 26.4 Å². The van der Waals surface area contributed by atoms with Gasteiger partial charge in [-0.15, -0.1) is 0 Å². The van der Waals surface area contributed by atoms with Gasteiger partial charge in [-0.2, -0.15) is 5.10 Å². The minimum Gasteiger partial charge on any atom is -0.467 e. The summed E-state index contributed by atoms with van der Waals surface area (Å²) >= 11 is 0. The van der Waals surface area contributed by atoms with Crippen LogP contribution in [0.1, 0.15) is 13.8 Å². The third-order valence-corrected chi connectivity index (χ3v) is 2.57. The van der Waals surface area contributed by atoms with E-state index in [1.54, 1.807) is 13.8 Å². The Balaban J connectivity index is 2.65. The largest absolute Gasteiger partial charge is 0.467 e. The number of ether oxygens (including phenoxy) is 1. The first-order valence-corrected chi connectivity index (χ1v) is 5.89. The van der Waals surface area contributed by atoms with Gasteiger partial charge in [-0.25, -0.2) is 4.79 Å². The highest BCUT2D eigenvalue weighted by molar-refractivity contribution is 5.84. The standard InChI is InChI=1S/C11H16N4O5/c1-7(2)10(11(17)20-3)13-9(16)6-14-5-8(4-12-14)15(18)19/h4-5,7,10H,6H2,1-3H3,(H,13,16). The van der Waals surface area contributed by atoms with E-state index in [0.29, 0.717) is 0 Å². The Bertz CT molecular complexity index is 511. The minimum absolute atomic E-state index is 0.140. The molecule has 1 aromatic heterocycles. The lowest BCUT2D eigenvalue weighted by atomic mass is 10.0. The molecule has 1 amide bonds. The van der Waals surface area contributed by atoms with Gasteiger partial charge < -0.3 is 10.1 Å². The highest BCUT2D eigenvalue weighted by Crippen LogP contribution is 2.08. The summed E-state index contributed by atoms with van der Waals surface area (Å²) in [6, 6.07) is -0.766. The summed E-state index contributed by atoms with van der Waals surface area (Å²) in [6.45, 7) is 3.31. The predicted octanol–water partition coefficient (Wildman–Crippen LogP) is 0.105. The summed E-state index contributed by atoms with van der Waals surface area (Å²) in [5, 5.41) is 16.7. The maximum absolute atomic E-state index is 11.8. The van der Waals surface area contributed by atoms with Gasteiger partial charge in [0.15, 0.2) is 0 Å². The van der Waals surface area contributed by atoms with Crippen molar-refractivity contribution in [2.75, 3.05) is 7.11 Å². The van der Waals surface area contributed by atoms with Crippen LogP contribution in [0, 0.1) is 16.0 Å². The van der Waals surface area contributed by atoms with Gasteiger partial charge in [-0.3, -0.25) is 19.6 Å². The fraction of sp³-hybridized carbons (Fsp3) is 0.545. The van der Waals surface area contributed by atoms with Crippen LogP contribution in [0.25, 0.3) is 0 Å². The number of methoxy groups -OCH3 is 1. The van der Waals surface area contributed by atoms with Crippen LogP contribution in [0.15, 0.2) is 12.4 Å². The number of rotatable bonds is 6. The van der Waals surface area contributed by atoms with E-state index in [4.69, 9.17) is 0 Å². The van der Waals surface area contributed by atoms with E-state index in [2.05, 4.69) is 15.2 Å². The SMILES string of the molecule is COC(=O)C(NC(=O)Cn1cc([N+](=O)[O-])cn1)C(C)C. The Hall–Kier alpha value is -2.45. The van der Waals surface area contributed by atoms with E-state index in [1.165, 1.54) is 7.11 Å². The fourth-order valence-electron chi connectivity index (χ4n) is 1.52. The first kappa shape index (κ1) is 15.6. The molecule has 1 atom stereocenters. The van der Waals surface area contributed by atoms with Gasteiger partial charge in [0, 0.05) is 0 Å². The van der Waals surface area contributed by atoms with Gasteiger partial charge in [0.25, 0.3) is 0 Å². The van der Waals surface area contributed by atoms with Crippen LogP contribution in [-0.4, -0.2) is 39.7 Å². The van der Waals surface area contributed by atoms with E-state index in [9.17, 15) is 19.7 Å². The molecule has 0 aromatic carbocycles. The molecule has 1 aromatic rings. The summed E-state index contributed by atoms with van der Waals surface area (Å²) in [5.41, 5.74) is -0.203. The summed E-state index contributed by atoms with van der Waals surface area (Å²) in [4.78, 5) is 33.1. The minimum atomic E-state index is -0.766. The summed E-state index contributed by atoms with van der Waals surface area (Å²) in [7, 11) is 1.24. The smallest absolute Gasteiger partial charge is 0.328 e. The molecule has 0 spiro atoms. The van der Waals surface area contributed by atoms with Crippen molar-refractivity contribution in [2.24, 2.45) is 5.92 Å². The molecule has 1 unspecified atom stereocenters. The van der Waals surface area contributed by atoms with Crippen molar-refractivity contribution in [3.8, 4) is 0 Å². The third kappa shape index (κ3) is 4.04. The van der Waals surface area contributed by atoms with Gasteiger partial charge in [0.1, 0.15) is 25.0 Å². The van der Waals surface area contributed by atoms with Crippen LogP contribution >= 0.6 is 0 Å². The summed E-state index contributed by atoms with van der Waals surface area (Å²) in [5.74, 6) is -1.16. The highest BCUT2D eigenvalue weighted by Gasteiger charge is 2.25. The van der Waals surface area contributed by atoms with Gasteiger partial charge in [-0.1, -0.05) is 13.8 Å². The molecular formula is C11H16N4O5. The van der Waals surface area contributed by atoms with Gasteiger partial charge >= 0.3 is 11.7 Å². The van der Waals surface area contributed by atoms with Crippen molar-refractivity contribution in [1.82, 2.24) is 15.1 Å². The quantitative estimate of drug-likeness (QED) is 0.450. The normalized spacial score (nSPS) is 12.0. The van der Waals surface area contributed by atoms with Crippen LogP contribution in [-0.2, 0) is 20.9 Å². The molecule has 0 aliphatic carbocycles. The molecule has 1 N–H and O–H groups in total. The second kappa shape index (κ2) is 6.64. The van der Waals surface area contributed by atoms with Crippen molar-refractivity contribution in [1.29, 1.82) is 0 Å². The zero-order valence-electron chi connectivity index (χ0n) is 11.4. The average molecular weight is 284 g/mol. The molecule has 9 heteroatoms. The van der Waals surface area contributed by atoms with Crippen molar-refractivity contribution in [3.63, 3.8) is 0 Å². The number of hydrogen-bond donors (Lipinski definition) is 1. The number of nitrogens with one attached hydrogen (secondary N) is 1. The lowest BCUT2D eigenvalue weighted by molar-refractivity contribution is -0.385. The van der Waals surface area contributed by atoms with Crippen LogP contribution < -0.4 is 5.32 Å². The summed E-state index contributed by atoms with van der Waals surface area (Å²) < 4.78 is 5.72. The van der Waals surface area contributed by atoms with E-state index in [-0.39, 0.29) is 18.2 Å². The first-order valence-electron chi connectivity index (χ1n) is 5.89. The Labute approximate surface area is 115 Å². The molecule has 1 heterocycles. The molecular weight excluding hydrogens is 268 g/mol. The van der Waals surface area contributed by atoms with Crippen LogP contribution in [0.2, 0.25) is 0 Å². The van der Waals surface area contributed by atoms with Crippen molar-refractivity contribution >= 4 is 17.6 Å². The molecule has 0 aliphatic rings. The topological polar surface area (TPSA) is 116 Å². The Kier molecular flexibility index (Phi) is 5.18. The molecule has 1 rings (SSSR count). The van der Waals surface area contributed by atoms with E-state index < -0.39 is 22.8 Å². The van der Waals surface area contributed by atoms with Crippen LogP contribution in [0.4, 0.5) is 5.69 Å². The van der Waals surface area contributed by atoms with E-state index >= 15 is 0 Å².